The number of benzene rings is 1. The van der Waals surface area contributed by atoms with Crippen LogP contribution < -0.4 is 5.73 Å². The third-order valence-corrected chi connectivity index (χ3v) is 7.62. The number of carbonyl (C=O) groups is 2. The van der Waals surface area contributed by atoms with Crippen molar-refractivity contribution in [3.05, 3.63) is 34.6 Å². The van der Waals surface area contributed by atoms with E-state index >= 15 is 0 Å². The number of piperidine rings is 1. The Morgan fingerprint density at radius 2 is 1.70 bits per heavy atom. The van der Waals surface area contributed by atoms with E-state index in [1.165, 1.54) is 32.1 Å². The van der Waals surface area contributed by atoms with E-state index in [0.29, 0.717) is 30.5 Å². The van der Waals surface area contributed by atoms with Gasteiger partial charge in [0.15, 0.2) is 11.6 Å². The zero-order chi connectivity index (χ0) is 21.7. The standard InChI is InChI=1S/C22H29F3N2O2S/c23-17-12-15(20(24)19(21(17)25)22(26)29)7-6-14-8-10-27(11-9-14)18(28)13-30-16-4-2-1-3-5-16/h12,14,16H,1-11,13H2,(H2,26,29). The zero-order valence-corrected chi connectivity index (χ0v) is 17.9. The van der Waals surface area contributed by atoms with Gasteiger partial charge in [-0.1, -0.05) is 19.3 Å². The number of primary amides is 1. The van der Waals surface area contributed by atoms with Gasteiger partial charge in [0.1, 0.15) is 11.4 Å². The molecule has 1 aromatic rings. The molecule has 1 aliphatic carbocycles. The molecule has 0 bridgehead atoms. The summed E-state index contributed by atoms with van der Waals surface area (Å²) < 4.78 is 41.7. The molecule has 166 valence electrons. The van der Waals surface area contributed by atoms with Crippen LogP contribution in [0.15, 0.2) is 6.07 Å². The van der Waals surface area contributed by atoms with Crippen molar-refractivity contribution in [1.82, 2.24) is 4.90 Å². The fourth-order valence-electron chi connectivity index (χ4n) is 4.40. The Hall–Kier alpha value is -1.70. The van der Waals surface area contributed by atoms with Crippen molar-refractivity contribution in [2.75, 3.05) is 18.8 Å². The second-order valence-electron chi connectivity index (χ2n) is 8.32. The number of halogens is 3. The number of likely N-dealkylation sites (tertiary alicyclic amines) is 1. The Morgan fingerprint density at radius 3 is 2.33 bits per heavy atom. The largest absolute Gasteiger partial charge is 0.365 e. The number of nitrogens with two attached hydrogens (primary N) is 1. The maximum atomic E-state index is 14.4. The van der Waals surface area contributed by atoms with Gasteiger partial charge in [0.2, 0.25) is 5.91 Å². The molecule has 0 unspecified atom stereocenters. The first-order valence-electron chi connectivity index (χ1n) is 10.7. The lowest BCUT2D eigenvalue weighted by atomic mass is 9.90. The second-order valence-corrected chi connectivity index (χ2v) is 9.61. The number of nitrogens with zero attached hydrogens (tertiary/aromatic N) is 1. The van der Waals surface area contributed by atoms with Crippen molar-refractivity contribution < 1.29 is 22.8 Å². The highest BCUT2D eigenvalue weighted by atomic mass is 32.2. The van der Waals surface area contributed by atoms with Gasteiger partial charge in [-0.15, -0.1) is 11.8 Å². The molecule has 2 amide bonds. The second kappa shape index (κ2) is 10.6. The van der Waals surface area contributed by atoms with Gasteiger partial charge < -0.3 is 10.6 Å². The third-order valence-electron chi connectivity index (χ3n) is 6.26. The predicted octanol–water partition coefficient (Wildman–Crippen LogP) is 4.44. The van der Waals surface area contributed by atoms with Crippen molar-refractivity contribution in [2.24, 2.45) is 11.7 Å². The summed E-state index contributed by atoms with van der Waals surface area (Å²) in [4.78, 5) is 25.6. The third kappa shape index (κ3) is 5.71. The van der Waals surface area contributed by atoms with Crippen LogP contribution in [-0.2, 0) is 11.2 Å². The first kappa shape index (κ1) is 23.0. The highest BCUT2D eigenvalue weighted by Crippen LogP contribution is 2.29. The normalized spacial score (nSPS) is 18.6. The van der Waals surface area contributed by atoms with Crippen LogP contribution in [0.3, 0.4) is 0 Å². The SMILES string of the molecule is NC(=O)c1c(F)c(F)cc(CCC2CCN(C(=O)CSC3CCCCC3)CC2)c1F. The number of hydrogen-bond acceptors (Lipinski definition) is 3. The van der Waals surface area contributed by atoms with Crippen molar-refractivity contribution in [3.8, 4) is 0 Å². The minimum atomic E-state index is -1.54. The van der Waals surface area contributed by atoms with Crippen molar-refractivity contribution in [3.63, 3.8) is 0 Å². The van der Waals surface area contributed by atoms with Gasteiger partial charge in [0, 0.05) is 18.3 Å². The van der Waals surface area contributed by atoms with E-state index in [4.69, 9.17) is 5.73 Å². The van der Waals surface area contributed by atoms with Gasteiger partial charge in [-0.05, 0) is 56.1 Å². The maximum Gasteiger partial charge on any atom is 0.254 e. The van der Waals surface area contributed by atoms with Crippen molar-refractivity contribution in [1.29, 1.82) is 0 Å². The Morgan fingerprint density at radius 1 is 1.03 bits per heavy atom. The summed E-state index contributed by atoms with van der Waals surface area (Å²) >= 11 is 1.78. The number of hydrogen-bond donors (Lipinski definition) is 1. The van der Waals surface area contributed by atoms with Crippen LogP contribution in [0.25, 0.3) is 0 Å². The lowest BCUT2D eigenvalue weighted by molar-refractivity contribution is -0.129. The molecule has 0 radical (unpaired) electrons. The van der Waals surface area contributed by atoms with E-state index in [9.17, 15) is 22.8 Å². The molecular weight excluding hydrogens is 413 g/mol. The fourth-order valence-corrected chi connectivity index (χ4v) is 5.62. The Balaban J connectivity index is 1.46. The zero-order valence-electron chi connectivity index (χ0n) is 17.1. The van der Waals surface area contributed by atoms with Crippen molar-refractivity contribution >= 4 is 23.6 Å². The Kier molecular flexibility index (Phi) is 8.08. The molecular formula is C22H29F3N2O2S. The average molecular weight is 443 g/mol. The van der Waals surface area contributed by atoms with Gasteiger partial charge in [0.05, 0.1) is 5.75 Å². The Bertz CT molecular complexity index is 776. The Labute approximate surface area is 179 Å². The van der Waals surface area contributed by atoms with Gasteiger partial charge in [0.25, 0.3) is 5.91 Å². The molecule has 1 heterocycles. The lowest BCUT2D eigenvalue weighted by Crippen LogP contribution is -2.39. The molecule has 1 aliphatic heterocycles. The molecule has 3 rings (SSSR count). The summed E-state index contributed by atoms with van der Waals surface area (Å²) in [6, 6.07) is 0.804. The van der Waals surface area contributed by atoms with E-state index < -0.39 is 28.9 Å². The fraction of sp³-hybridized carbons (Fsp3) is 0.636. The number of rotatable bonds is 7. The number of carbonyl (C=O) groups excluding carboxylic acids is 2. The van der Waals surface area contributed by atoms with Gasteiger partial charge in [-0.2, -0.15) is 0 Å². The van der Waals surface area contributed by atoms with Crippen LogP contribution >= 0.6 is 11.8 Å². The molecule has 1 aromatic carbocycles. The van der Waals surface area contributed by atoms with Crippen LogP contribution in [0.4, 0.5) is 13.2 Å². The topological polar surface area (TPSA) is 63.4 Å². The summed E-state index contributed by atoms with van der Waals surface area (Å²) in [5, 5.41) is 0.608. The quantitative estimate of drug-likeness (QED) is 0.635. The molecule has 8 heteroatoms. The number of thioether (sulfide) groups is 1. The first-order valence-corrected chi connectivity index (χ1v) is 11.8. The summed E-state index contributed by atoms with van der Waals surface area (Å²) in [7, 11) is 0. The van der Waals surface area contributed by atoms with E-state index in [1.807, 2.05) is 4.90 Å². The summed E-state index contributed by atoms with van der Waals surface area (Å²) in [6.45, 7) is 1.34. The molecule has 1 saturated carbocycles. The molecule has 0 aromatic heterocycles. The van der Waals surface area contributed by atoms with Crippen LogP contribution in [0.5, 0.6) is 0 Å². The smallest absolute Gasteiger partial charge is 0.254 e. The first-order chi connectivity index (χ1) is 14.4. The summed E-state index contributed by atoms with van der Waals surface area (Å²) in [5.74, 6) is -4.22. The van der Waals surface area contributed by atoms with Crippen LogP contribution in [0.1, 0.15) is 67.3 Å². The molecule has 30 heavy (non-hydrogen) atoms. The predicted molar refractivity (Wildman–Crippen MR) is 112 cm³/mol. The lowest BCUT2D eigenvalue weighted by Gasteiger charge is -2.32. The van der Waals surface area contributed by atoms with Crippen LogP contribution in [-0.4, -0.2) is 40.8 Å². The van der Waals surface area contributed by atoms with Gasteiger partial charge in [-0.3, -0.25) is 9.59 Å². The average Bonchev–Trinajstić information content (AvgIpc) is 2.74. The van der Waals surface area contributed by atoms with Gasteiger partial charge in [-0.25, -0.2) is 13.2 Å². The molecule has 0 spiro atoms. The summed E-state index contributed by atoms with van der Waals surface area (Å²) in [5.41, 5.74) is 3.93. The maximum absolute atomic E-state index is 14.4. The van der Waals surface area contributed by atoms with Crippen LogP contribution in [0.2, 0.25) is 0 Å². The molecule has 4 nitrogen and oxygen atoms in total. The minimum absolute atomic E-state index is 0.0370. The molecule has 0 atom stereocenters. The van der Waals surface area contributed by atoms with E-state index in [-0.39, 0.29) is 23.8 Å². The van der Waals surface area contributed by atoms with Crippen LogP contribution in [0, 0.1) is 23.4 Å². The highest BCUT2D eigenvalue weighted by Gasteiger charge is 2.26. The molecule has 1 saturated heterocycles. The molecule has 2 aliphatic rings. The summed E-state index contributed by atoms with van der Waals surface area (Å²) in [6.07, 6.45) is 8.61. The van der Waals surface area contributed by atoms with Crippen molar-refractivity contribution in [2.45, 2.75) is 63.0 Å². The highest BCUT2D eigenvalue weighted by molar-refractivity contribution is 8.00. The number of aryl methyl sites for hydroxylation is 1. The van der Waals surface area contributed by atoms with E-state index in [1.54, 1.807) is 11.8 Å². The van der Waals surface area contributed by atoms with E-state index in [0.717, 1.165) is 18.9 Å². The van der Waals surface area contributed by atoms with Gasteiger partial charge >= 0.3 is 0 Å². The molecule has 2 N–H and O–H groups in total. The number of amides is 2. The monoisotopic (exact) mass is 442 g/mol. The minimum Gasteiger partial charge on any atom is -0.365 e. The molecule has 2 fully saturated rings. The van der Waals surface area contributed by atoms with E-state index in [2.05, 4.69) is 0 Å².